The minimum atomic E-state index is -0.618. The van der Waals surface area contributed by atoms with Crippen LogP contribution in [0, 0.1) is 11.6 Å². The molecule has 3 nitrogen and oxygen atoms in total. The summed E-state index contributed by atoms with van der Waals surface area (Å²) >= 11 is 3.10. The first kappa shape index (κ1) is 15.1. The van der Waals surface area contributed by atoms with Gasteiger partial charge in [0.15, 0.2) is 0 Å². The van der Waals surface area contributed by atoms with Gasteiger partial charge in [-0.1, -0.05) is 6.92 Å². The van der Waals surface area contributed by atoms with Crippen LogP contribution in [0.4, 0.5) is 8.78 Å². The van der Waals surface area contributed by atoms with E-state index in [1.54, 1.807) is 24.0 Å². The fourth-order valence-electron chi connectivity index (χ4n) is 2.07. The van der Waals surface area contributed by atoms with Crippen LogP contribution in [0.25, 0.3) is 0 Å². The molecule has 0 fully saturated rings. The third kappa shape index (κ3) is 2.91. The second-order valence-corrected chi connectivity index (χ2v) is 5.39. The van der Waals surface area contributed by atoms with Crippen molar-refractivity contribution in [3.05, 3.63) is 52.0 Å². The van der Waals surface area contributed by atoms with Crippen LogP contribution < -0.4 is 5.32 Å². The van der Waals surface area contributed by atoms with Crippen LogP contribution in [0.2, 0.25) is 0 Å². The van der Waals surface area contributed by atoms with Gasteiger partial charge in [0.25, 0.3) is 0 Å². The van der Waals surface area contributed by atoms with Crippen LogP contribution in [0.1, 0.15) is 30.8 Å². The maximum Gasteiger partial charge on any atom is 0.145 e. The zero-order valence-electron chi connectivity index (χ0n) is 11.3. The zero-order chi connectivity index (χ0) is 14.7. The van der Waals surface area contributed by atoms with Crippen molar-refractivity contribution < 1.29 is 8.78 Å². The van der Waals surface area contributed by atoms with Gasteiger partial charge in [-0.3, -0.25) is 0 Å². The van der Waals surface area contributed by atoms with Crippen LogP contribution >= 0.6 is 15.9 Å². The predicted octanol–water partition coefficient (Wildman–Crippen LogP) is 3.55. The van der Waals surface area contributed by atoms with Gasteiger partial charge in [0.1, 0.15) is 17.5 Å². The summed E-state index contributed by atoms with van der Waals surface area (Å²) in [6, 6.07) is 2.00. The lowest BCUT2D eigenvalue weighted by Gasteiger charge is -2.20. The minimum absolute atomic E-state index is 0.0119. The lowest BCUT2D eigenvalue weighted by atomic mass is 10.0. The Balaban J connectivity index is 2.52. The third-order valence-electron chi connectivity index (χ3n) is 3.08. The van der Waals surface area contributed by atoms with Crippen LogP contribution in [-0.2, 0) is 7.05 Å². The molecule has 0 aliphatic heterocycles. The molecule has 108 valence electrons. The van der Waals surface area contributed by atoms with Crippen molar-refractivity contribution in [2.75, 3.05) is 6.54 Å². The fraction of sp³-hybridized carbons (Fsp3) is 0.357. The number of hydrogen-bond donors (Lipinski definition) is 1. The Morgan fingerprint density at radius 3 is 2.75 bits per heavy atom. The molecule has 6 heteroatoms. The Labute approximate surface area is 125 Å². The van der Waals surface area contributed by atoms with E-state index in [4.69, 9.17) is 0 Å². The van der Waals surface area contributed by atoms with Crippen molar-refractivity contribution in [1.82, 2.24) is 14.9 Å². The topological polar surface area (TPSA) is 29.9 Å². The molecule has 0 saturated heterocycles. The van der Waals surface area contributed by atoms with Crippen molar-refractivity contribution >= 4 is 15.9 Å². The lowest BCUT2D eigenvalue weighted by Crippen LogP contribution is -2.27. The smallest absolute Gasteiger partial charge is 0.145 e. The van der Waals surface area contributed by atoms with E-state index >= 15 is 0 Å². The maximum atomic E-state index is 14.3. The predicted molar refractivity (Wildman–Crippen MR) is 77.4 cm³/mol. The van der Waals surface area contributed by atoms with E-state index in [0.717, 1.165) is 6.42 Å². The van der Waals surface area contributed by atoms with Crippen molar-refractivity contribution in [2.24, 2.45) is 7.05 Å². The van der Waals surface area contributed by atoms with E-state index in [9.17, 15) is 8.78 Å². The Morgan fingerprint density at radius 1 is 1.40 bits per heavy atom. The summed E-state index contributed by atoms with van der Waals surface area (Å²) in [5, 5.41) is 3.15. The molecule has 0 aliphatic rings. The first-order valence-electron chi connectivity index (χ1n) is 6.40. The maximum absolute atomic E-state index is 14.3. The number of aryl methyl sites for hydroxylation is 1. The molecular weight excluding hydrogens is 328 g/mol. The number of nitrogens with one attached hydrogen (secondary N) is 1. The summed E-state index contributed by atoms with van der Waals surface area (Å²) in [4.78, 5) is 4.21. The number of hydrogen-bond acceptors (Lipinski definition) is 2. The van der Waals surface area contributed by atoms with E-state index in [1.165, 1.54) is 12.1 Å². The van der Waals surface area contributed by atoms with Crippen LogP contribution in [0.5, 0.6) is 0 Å². The van der Waals surface area contributed by atoms with E-state index in [2.05, 4.69) is 26.2 Å². The van der Waals surface area contributed by atoms with Gasteiger partial charge in [-0.05, 0) is 41.0 Å². The molecule has 0 saturated carbocycles. The molecule has 1 unspecified atom stereocenters. The molecule has 1 aromatic carbocycles. The monoisotopic (exact) mass is 343 g/mol. The molecule has 1 aromatic heterocycles. The summed E-state index contributed by atoms with van der Waals surface area (Å²) in [7, 11) is 1.80. The van der Waals surface area contributed by atoms with Gasteiger partial charge in [-0.25, -0.2) is 13.8 Å². The molecule has 2 aromatic rings. The quantitative estimate of drug-likeness (QED) is 0.841. The molecule has 2 rings (SSSR count). The summed E-state index contributed by atoms with van der Waals surface area (Å²) in [5.41, 5.74) is -0.0119. The first-order chi connectivity index (χ1) is 9.56. The molecule has 1 N–H and O–H groups in total. The highest BCUT2D eigenvalue weighted by molar-refractivity contribution is 9.10. The van der Waals surface area contributed by atoms with Crippen molar-refractivity contribution in [3.8, 4) is 0 Å². The SMILES string of the molecule is CCCNC(c1c(F)ccc(Br)c1F)c1nccn1C. The number of halogens is 3. The molecular formula is C14H16BrF2N3. The Kier molecular flexibility index (Phi) is 4.88. The van der Waals surface area contributed by atoms with Crippen molar-refractivity contribution in [1.29, 1.82) is 0 Å². The second kappa shape index (κ2) is 6.45. The summed E-state index contributed by atoms with van der Waals surface area (Å²) in [6.45, 7) is 2.64. The summed E-state index contributed by atoms with van der Waals surface area (Å²) in [5.74, 6) is -0.599. The molecule has 0 amide bonds. The highest BCUT2D eigenvalue weighted by Crippen LogP contribution is 2.30. The third-order valence-corrected chi connectivity index (χ3v) is 3.70. The molecule has 0 spiro atoms. The van der Waals surface area contributed by atoms with Crippen LogP contribution in [0.3, 0.4) is 0 Å². The summed E-state index contributed by atoms with van der Waals surface area (Å²) in [6.07, 6.45) is 4.23. The van der Waals surface area contributed by atoms with Crippen molar-refractivity contribution in [3.63, 3.8) is 0 Å². The number of rotatable bonds is 5. The minimum Gasteiger partial charge on any atom is -0.336 e. The summed E-state index contributed by atoms with van der Waals surface area (Å²) < 4.78 is 30.4. The second-order valence-electron chi connectivity index (χ2n) is 4.54. The fourth-order valence-corrected chi connectivity index (χ4v) is 2.42. The Bertz CT molecular complexity index is 598. The largest absolute Gasteiger partial charge is 0.336 e. The number of imidazole rings is 1. The van der Waals surface area contributed by atoms with Gasteiger partial charge in [-0.15, -0.1) is 0 Å². The van der Waals surface area contributed by atoms with E-state index in [0.29, 0.717) is 12.4 Å². The van der Waals surface area contributed by atoms with Crippen molar-refractivity contribution in [2.45, 2.75) is 19.4 Å². The van der Waals surface area contributed by atoms with Gasteiger partial charge in [0, 0.05) is 25.0 Å². The molecule has 1 atom stereocenters. The van der Waals surface area contributed by atoms with Gasteiger partial charge in [0.05, 0.1) is 10.5 Å². The number of nitrogens with zero attached hydrogens (tertiary/aromatic N) is 2. The Morgan fingerprint density at radius 2 is 2.15 bits per heavy atom. The standard InChI is InChI=1S/C14H16BrF2N3/c1-3-6-18-13(14-19-7-8-20(14)2)11-10(16)5-4-9(15)12(11)17/h4-5,7-8,13,18H,3,6H2,1-2H3. The van der Waals surface area contributed by atoms with Gasteiger partial charge in [0.2, 0.25) is 0 Å². The van der Waals surface area contributed by atoms with Crippen LogP contribution in [0.15, 0.2) is 29.0 Å². The van der Waals surface area contributed by atoms with E-state index < -0.39 is 17.7 Å². The zero-order valence-corrected chi connectivity index (χ0v) is 12.9. The van der Waals surface area contributed by atoms with Gasteiger partial charge >= 0.3 is 0 Å². The average Bonchev–Trinajstić information content (AvgIpc) is 2.84. The molecule has 0 radical (unpaired) electrons. The lowest BCUT2D eigenvalue weighted by molar-refractivity contribution is 0.482. The molecule has 20 heavy (non-hydrogen) atoms. The molecule has 0 bridgehead atoms. The highest BCUT2D eigenvalue weighted by atomic mass is 79.9. The Hall–Kier alpha value is -1.27. The first-order valence-corrected chi connectivity index (χ1v) is 7.19. The van der Waals surface area contributed by atoms with Gasteiger partial charge in [-0.2, -0.15) is 0 Å². The normalized spacial score (nSPS) is 12.7. The van der Waals surface area contributed by atoms with E-state index in [1.807, 2.05) is 6.92 Å². The van der Waals surface area contributed by atoms with Gasteiger partial charge < -0.3 is 9.88 Å². The van der Waals surface area contributed by atoms with Crippen LogP contribution in [-0.4, -0.2) is 16.1 Å². The highest BCUT2D eigenvalue weighted by Gasteiger charge is 2.25. The molecule has 1 heterocycles. The average molecular weight is 344 g/mol. The molecule has 0 aliphatic carbocycles. The number of aromatic nitrogens is 2. The number of benzene rings is 1. The van der Waals surface area contributed by atoms with E-state index in [-0.39, 0.29) is 10.0 Å².